The Morgan fingerprint density at radius 2 is 1.30 bits per heavy atom. The highest BCUT2D eigenvalue weighted by molar-refractivity contribution is 7.91. The van der Waals surface area contributed by atoms with E-state index in [2.05, 4.69) is 0 Å². The quantitative estimate of drug-likeness (QED) is 0.596. The summed E-state index contributed by atoms with van der Waals surface area (Å²) in [6.45, 7) is 2.29. The van der Waals surface area contributed by atoms with Gasteiger partial charge in [0.05, 0.1) is 15.5 Å². The average molecular weight is 459 g/mol. The molecule has 0 unspecified atom stereocenters. The van der Waals surface area contributed by atoms with Crippen LogP contribution in [-0.2, 0) is 19.9 Å². The van der Waals surface area contributed by atoms with E-state index in [0.717, 1.165) is 24.3 Å². The smallest absolute Gasteiger partial charge is 0.243 e. The Hall–Kier alpha value is -1.88. The molecule has 0 saturated carbocycles. The molecule has 0 aromatic heterocycles. The molecule has 30 heavy (non-hydrogen) atoms. The number of hydrogen-bond donors (Lipinski definition) is 0. The van der Waals surface area contributed by atoms with E-state index in [9.17, 15) is 25.6 Å². The first-order valence-corrected chi connectivity index (χ1v) is 12.7. The minimum absolute atomic E-state index is 0.0581. The highest BCUT2D eigenvalue weighted by Crippen LogP contribution is 2.19. The molecule has 1 saturated heterocycles. The molecule has 10 heteroatoms. The van der Waals surface area contributed by atoms with Gasteiger partial charge in [-0.25, -0.2) is 25.6 Å². The highest BCUT2D eigenvalue weighted by atomic mass is 32.2. The molecule has 1 heterocycles. The maximum absolute atomic E-state index is 13.1. The lowest BCUT2D eigenvalue weighted by Gasteiger charge is -2.21. The van der Waals surface area contributed by atoms with E-state index < -0.39 is 31.5 Å². The fourth-order valence-electron chi connectivity index (χ4n) is 3.40. The van der Waals surface area contributed by atoms with Crippen molar-refractivity contribution in [2.75, 3.05) is 38.5 Å². The molecule has 2 aromatic carbocycles. The van der Waals surface area contributed by atoms with Gasteiger partial charge in [0.1, 0.15) is 11.6 Å². The molecule has 0 radical (unpaired) electrons. The van der Waals surface area contributed by atoms with E-state index >= 15 is 0 Å². The molecule has 2 aromatic rings. The van der Waals surface area contributed by atoms with E-state index in [1.807, 2.05) is 4.90 Å². The van der Waals surface area contributed by atoms with Gasteiger partial charge in [0.25, 0.3) is 0 Å². The zero-order valence-corrected chi connectivity index (χ0v) is 18.0. The first-order valence-electron chi connectivity index (χ1n) is 9.65. The largest absolute Gasteiger partial charge is 0.302 e. The van der Waals surface area contributed by atoms with Gasteiger partial charge in [0, 0.05) is 19.6 Å². The first-order chi connectivity index (χ1) is 14.2. The molecule has 1 aliphatic rings. The Morgan fingerprint density at radius 1 is 0.733 bits per heavy atom. The zero-order chi connectivity index (χ0) is 21.8. The van der Waals surface area contributed by atoms with Gasteiger partial charge < -0.3 is 4.90 Å². The van der Waals surface area contributed by atoms with E-state index in [1.54, 1.807) is 0 Å². The lowest BCUT2D eigenvalue weighted by Crippen LogP contribution is -2.35. The number of nitrogens with zero attached hydrogens (tertiary/aromatic N) is 2. The third-order valence-corrected chi connectivity index (χ3v) is 8.79. The Labute approximate surface area is 176 Å². The van der Waals surface area contributed by atoms with Crippen molar-refractivity contribution in [3.05, 3.63) is 60.2 Å². The first kappa shape index (κ1) is 22.8. The van der Waals surface area contributed by atoms with E-state index in [4.69, 9.17) is 0 Å². The summed E-state index contributed by atoms with van der Waals surface area (Å²) in [7, 11) is -7.19. The molecule has 0 bridgehead atoms. The number of benzene rings is 2. The fourth-order valence-corrected chi connectivity index (χ4v) is 6.17. The monoisotopic (exact) mass is 458 g/mol. The summed E-state index contributed by atoms with van der Waals surface area (Å²) < 4.78 is 77.7. The van der Waals surface area contributed by atoms with Crippen molar-refractivity contribution in [1.82, 2.24) is 9.21 Å². The molecular weight excluding hydrogens is 434 g/mol. The van der Waals surface area contributed by atoms with Crippen molar-refractivity contribution in [3.8, 4) is 0 Å². The maximum Gasteiger partial charge on any atom is 0.243 e. The Morgan fingerprint density at radius 3 is 1.90 bits per heavy atom. The molecule has 0 amide bonds. The molecule has 0 spiro atoms. The van der Waals surface area contributed by atoms with Crippen molar-refractivity contribution in [2.24, 2.45) is 0 Å². The summed E-state index contributed by atoms with van der Waals surface area (Å²) in [6.07, 6.45) is 1.01. The molecule has 0 aliphatic carbocycles. The van der Waals surface area contributed by atoms with Crippen LogP contribution in [0.25, 0.3) is 0 Å². The van der Waals surface area contributed by atoms with E-state index in [1.165, 1.54) is 28.6 Å². The molecule has 0 atom stereocenters. The van der Waals surface area contributed by atoms with E-state index in [-0.39, 0.29) is 22.1 Å². The van der Waals surface area contributed by atoms with Crippen LogP contribution in [0.1, 0.15) is 12.8 Å². The molecule has 1 aliphatic heterocycles. The van der Waals surface area contributed by atoms with Crippen LogP contribution < -0.4 is 0 Å². The summed E-state index contributed by atoms with van der Waals surface area (Å²) in [5, 5.41) is 0. The van der Waals surface area contributed by atoms with Crippen LogP contribution in [-0.4, -0.2) is 64.5 Å². The van der Waals surface area contributed by atoms with Crippen LogP contribution >= 0.6 is 0 Å². The van der Waals surface area contributed by atoms with Gasteiger partial charge in [-0.05, 0) is 74.5 Å². The SMILES string of the molecule is O=S(=O)(CCCN1CCCN(S(=O)(=O)c2ccc(F)cc2)CC1)c1ccc(F)cc1. The summed E-state index contributed by atoms with van der Waals surface area (Å²) >= 11 is 0. The second-order valence-corrected chi connectivity index (χ2v) is 11.2. The lowest BCUT2D eigenvalue weighted by molar-refractivity contribution is 0.287. The van der Waals surface area contributed by atoms with Gasteiger partial charge in [-0.1, -0.05) is 0 Å². The topological polar surface area (TPSA) is 74.8 Å². The third kappa shape index (κ3) is 5.63. The van der Waals surface area contributed by atoms with Gasteiger partial charge >= 0.3 is 0 Å². The number of sulfonamides is 1. The van der Waals surface area contributed by atoms with Gasteiger partial charge in [-0.2, -0.15) is 4.31 Å². The maximum atomic E-state index is 13.1. The third-order valence-electron chi connectivity index (χ3n) is 5.06. The molecular formula is C20H24F2N2O4S2. The minimum atomic E-state index is -3.70. The summed E-state index contributed by atoms with van der Waals surface area (Å²) in [6, 6.07) is 9.53. The van der Waals surface area contributed by atoms with Crippen LogP contribution in [0.3, 0.4) is 0 Å². The van der Waals surface area contributed by atoms with Gasteiger partial charge in [-0.3, -0.25) is 0 Å². The Kier molecular flexibility index (Phi) is 7.22. The van der Waals surface area contributed by atoms with E-state index in [0.29, 0.717) is 39.0 Å². The van der Waals surface area contributed by atoms with Crippen LogP contribution in [0.4, 0.5) is 8.78 Å². The van der Waals surface area contributed by atoms with Crippen molar-refractivity contribution in [1.29, 1.82) is 0 Å². The average Bonchev–Trinajstić information content (AvgIpc) is 2.95. The van der Waals surface area contributed by atoms with Crippen molar-refractivity contribution in [3.63, 3.8) is 0 Å². The minimum Gasteiger partial charge on any atom is -0.302 e. The number of sulfone groups is 1. The Bertz CT molecular complexity index is 1060. The van der Waals surface area contributed by atoms with Crippen LogP contribution in [0.5, 0.6) is 0 Å². The van der Waals surface area contributed by atoms with Gasteiger partial charge in [-0.15, -0.1) is 0 Å². The predicted molar refractivity (Wildman–Crippen MR) is 109 cm³/mol. The van der Waals surface area contributed by atoms with Crippen LogP contribution in [0.15, 0.2) is 58.3 Å². The number of hydrogen-bond acceptors (Lipinski definition) is 5. The molecule has 0 N–H and O–H groups in total. The summed E-state index contributed by atoms with van der Waals surface area (Å²) in [5.74, 6) is -1.04. The van der Waals surface area contributed by atoms with Gasteiger partial charge in [0.2, 0.25) is 10.0 Å². The molecule has 1 fully saturated rings. The van der Waals surface area contributed by atoms with Crippen LogP contribution in [0, 0.1) is 11.6 Å². The van der Waals surface area contributed by atoms with Crippen molar-refractivity contribution < 1.29 is 25.6 Å². The molecule has 3 rings (SSSR count). The number of halogens is 2. The highest BCUT2D eigenvalue weighted by Gasteiger charge is 2.27. The second kappa shape index (κ2) is 9.51. The number of rotatable bonds is 7. The zero-order valence-electron chi connectivity index (χ0n) is 16.4. The van der Waals surface area contributed by atoms with Crippen molar-refractivity contribution >= 4 is 19.9 Å². The second-order valence-electron chi connectivity index (χ2n) is 7.18. The lowest BCUT2D eigenvalue weighted by atomic mass is 10.3. The standard InChI is InChI=1S/C20H24F2N2O4S2/c21-17-3-7-19(8-4-17)29(25,26)16-2-12-23-11-1-13-24(15-14-23)30(27,28)20-9-5-18(22)6-10-20/h3-10H,1-2,11-16H2. The summed E-state index contributed by atoms with van der Waals surface area (Å²) in [5.41, 5.74) is 0. The molecule has 164 valence electrons. The summed E-state index contributed by atoms with van der Waals surface area (Å²) in [4.78, 5) is 2.19. The van der Waals surface area contributed by atoms with Crippen molar-refractivity contribution in [2.45, 2.75) is 22.6 Å². The van der Waals surface area contributed by atoms with Crippen LogP contribution in [0.2, 0.25) is 0 Å². The Balaban J connectivity index is 1.54. The van der Waals surface area contributed by atoms with Gasteiger partial charge in [0.15, 0.2) is 9.84 Å². The fraction of sp³-hybridized carbons (Fsp3) is 0.400. The normalized spacial score (nSPS) is 17.0. The molecule has 6 nitrogen and oxygen atoms in total. The predicted octanol–water partition coefficient (Wildman–Crippen LogP) is 2.53.